The molecule has 0 spiro atoms. The molecule has 44 heavy (non-hydrogen) atoms. The van der Waals surface area contributed by atoms with Gasteiger partial charge in [-0.1, -0.05) is 37.6 Å². The van der Waals surface area contributed by atoms with Crippen LogP contribution in [0.15, 0.2) is 64.3 Å². The van der Waals surface area contributed by atoms with Crippen LogP contribution in [0.3, 0.4) is 0 Å². The van der Waals surface area contributed by atoms with Crippen LogP contribution in [0.4, 0.5) is 0 Å². The number of ether oxygens (including phenoxy) is 1. The van der Waals surface area contributed by atoms with Crippen LogP contribution < -0.4 is 10.3 Å². The number of para-hydroxylation sites is 1. The van der Waals surface area contributed by atoms with Gasteiger partial charge in [-0.3, -0.25) is 14.2 Å². The van der Waals surface area contributed by atoms with Crippen LogP contribution in [0.1, 0.15) is 88.0 Å². The molecule has 0 aliphatic carbocycles. The van der Waals surface area contributed by atoms with Crippen LogP contribution in [0.25, 0.3) is 33.6 Å². The Morgan fingerprint density at radius 2 is 1.66 bits per heavy atom. The van der Waals surface area contributed by atoms with Crippen molar-refractivity contribution < 1.29 is 9.53 Å². The molecule has 1 saturated heterocycles. The summed E-state index contributed by atoms with van der Waals surface area (Å²) in [5.74, 6) is 0.774. The van der Waals surface area contributed by atoms with Crippen molar-refractivity contribution in [3.63, 3.8) is 0 Å². The number of nitrogens with zero attached hydrogens (tertiary/aromatic N) is 3. The summed E-state index contributed by atoms with van der Waals surface area (Å²) in [7, 11) is 0. The number of carbonyl (C=O) groups is 1. The second-order valence-corrected chi connectivity index (χ2v) is 12.8. The summed E-state index contributed by atoms with van der Waals surface area (Å²) in [6.45, 7) is 13.7. The van der Waals surface area contributed by atoms with Crippen molar-refractivity contribution in [2.75, 3.05) is 13.1 Å². The Morgan fingerprint density at radius 1 is 1.00 bits per heavy atom. The van der Waals surface area contributed by atoms with Gasteiger partial charge in [-0.15, -0.1) is 11.3 Å². The number of aryl methyl sites for hydroxylation is 2. The average molecular weight is 610 g/mol. The van der Waals surface area contributed by atoms with E-state index in [0.29, 0.717) is 21.8 Å². The molecule has 3 heterocycles. The molecule has 2 aromatic heterocycles. The zero-order valence-corrected chi connectivity index (χ0v) is 27.6. The first kappa shape index (κ1) is 31.5. The second kappa shape index (κ2) is 13.8. The summed E-state index contributed by atoms with van der Waals surface area (Å²) < 4.78 is 7.61. The molecule has 1 aliphatic heterocycles. The molecule has 7 heteroatoms. The number of hydrogen-bond acceptors (Lipinski definition) is 5. The van der Waals surface area contributed by atoms with Gasteiger partial charge in [0.25, 0.3) is 11.5 Å². The Morgan fingerprint density at radius 3 is 2.25 bits per heavy atom. The van der Waals surface area contributed by atoms with Gasteiger partial charge < -0.3 is 9.64 Å². The highest BCUT2D eigenvalue weighted by Gasteiger charge is 2.27. The zero-order valence-electron chi connectivity index (χ0n) is 26.8. The van der Waals surface area contributed by atoms with Gasteiger partial charge in [0.2, 0.25) is 0 Å². The highest BCUT2D eigenvalue weighted by molar-refractivity contribution is 7.13. The van der Waals surface area contributed by atoms with Crippen LogP contribution in [0, 0.1) is 0 Å². The van der Waals surface area contributed by atoms with Gasteiger partial charge in [0.15, 0.2) is 0 Å². The van der Waals surface area contributed by atoms with Gasteiger partial charge >= 0.3 is 0 Å². The van der Waals surface area contributed by atoms with Crippen molar-refractivity contribution in [2.45, 2.75) is 79.8 Å². The number of piperidine rings is 1. The third-order valence-electron chi connectivity index (χ3n) is 7.98. The molecule has 0 saturated carbocycles. The van der Waals surface area contributed by atoms with E-state index in [1.807, 2.05) is 68.3 Å². The predicted octanol–water partition coefficient (Wildman–Crippen LogP) is 8.59. The minimum atomic E-state index is -0.162. The number of rotatable bonds is 9. The van der Waals surface area contributed by atoms with Crippen molar-refractivity contribution >= 4 is 23.3 Å². The first-order chi connectivity index (χ1) is 21.2. The zero-order chi connectivity index (χ0) is 31.4. The topological polar surface area (TPSA) is 64.4 Å². The fourth-order valence-corrected chi connectivity index (χ4v) is 6.70. The van der Waals surface area contributed by atoms with Gasteiger partial charge in [-0.25, -0.2) is 4.98 Å². The van der Waals surface area contributed by atoms with Crippen LogP contribution in [0.2, 0.25) is 0 Å². The molecule has 0 N–H and O–H groups in total. The molecule has 0 unspecified atom stereocenters. The molecule has 1 aliphatic rings. The molecule has 0 bridgehead atoms. The standard InChI is InChI=1S/C37H43N3O3S/c1-7-26-13-12-14-27(8-2)34(26)40-33(21-24(3)4)30(36(41)39-19-10-9-11-20-39)22-31(37(40)42)35-38-32(23-44-35)28-15-17-29(18-16-28)43-25(5)6/h12-18,21-23,25H,7-11,19-20H2,1-6H3. The number of benzene rings is 2. The number of carbonyl (C=O) groups excluding carboxylic acids is 1. The molecule has 0 radical (unpaired) electrons. The number of pyridine rings is 1. The third-order valence-corrected chi connectivity index (χ3v) is 8.86. The van der Waals surface area contributed by atoms with Crippen molar-refractivity contribution in [1.82, 2.24) is 14.5 Å². The number of amides is 1. The van der Waals surface area contributed by atoms with E-state index in [0.717, 1.165) is 84.6 Å². The molecule has 0 atom stereocenters. The van der Waals surface area contributed by atoms with Crippen LogP contribution >= 0.6 is 11.3 Å². The van der Waals surface area contributed by atoms with E-state index in [1.54, 1.807) is 10.6 Å². The summed E-state index contributed by atoms with van der Waals surface area (Å²) in [6.07, 6.45) is 6.73. The lowest BCUT2D eigenvalue weighted by molar-refractivity contribution is 0.0723. The summed E-state index contributed by atoms with van der Waals surface area (Å²) in [5.41, 5.74) is 7.25. The van der Waals surface area contributed by atoms with E-state index < -0.39 is 0 Å². The maximum absolute atomic E-state index is 14.7. The fourth-order valence-electron chi connectivity index (χ4n) is 5.87. The van der Waals surface area contributed by atoms with E-state index in [2.05, 4.69) is 32.0 Å². The highest BCUT2D eigenvalue weighted by atomic mass is 32.1. The third kappa shape index (κ3) is 6.58. The summed E-state index contributed by atoms with van der Waals surface area (Å²) >= 11 is 1.43. The van der Waals surface area contributed by atoms with Crippen LogP contribution in [-0.4, -0.2) is 39.6 Å². The van der Waals surface area contributed by atoms with Gasteiger partial charge in [0.05, 0.1) is 34.3 Å². The summed E-state index contributed by atoms with van der Waals surface area (Å²) in [4.78, 5) is 35.9. The van der Waals surface area contributed by atoms with Gasteiger partial charge in [0.1, 0.15) is 10.8 Å². The molecular weight excluding hydrogens is 566 g/mol. The lowest BCUT2D eigenvalue weighted by Gasteiger charge is -2.28. The first-order valence-corrected chi connectivity index (χ1v) is 16.7. The number of hydrogen-bond donors (Lipinski definition) is 0. The molecule has 5 rings (SSSR count). The predicted molar refractivity (Wildman–Crippen MR) is 182 cm³/mol. The molecule has 1 amide bonds. The lowest BCUT2D eigenvalue weighted by Crippen LogP contribution is -2.37. The SMILES string of the molecule is CCc1cccc(CC)c1-n1c(C=C(C)C)c(C(=O)N2CCCCC2)cc(-c2nc(-c3ccc(OC(C)C)cc3)cs2)c1=O. The van der Waals surface area contributed by atoms with Crippen molar-refractivity contribution in [3.05, 3.63) is 92.2 Å². The molecule has 1 fully saturated rings. The Hall–Kier alpha value is -3.97. The van der Waals surface area contributed by atoms with E-state index in [1.165, 1.54) is 11.3 Å². The van der Waals surface area contributed by atoms with Crippen molar-refractivity contribution in [1.29, 1.82) is 0 Å². The average Bonchev–Trinajstić information content (AvgIpc) is 3.51. The molecule has 4 aromatic rings. The Bertz CT molecular complexity index is 1700. The fraction of sp³-hybridized carbons (Fsp3) is 0.378. The molecule has 230 valence electrons. The van der Waals surface area contributed by atoms with Crippen LogP contribution in [-0.2, 0) is 12.8 Å². The van der Waals surface area contributed by atoms with E-state index in [-0.39, 0.29) is 17.6 Å². The maximum Gasteiger partial charge on any atom is 0.265 e. The van der Waals surface area contributed by atoms with E-state index >= 15 is 0 Å². The Kier molecular flexibility index (Phi) is 9.84. The van der Waals surface area contributed by atoms with Crippen molar-refractivity contribution in [3.8, 4) is 33.3 Å². The number of allylic oxidation sites excluding steroid dienone is 1. The summed E-state index contributed by atoms with van der Waals surface area (Å²) in [6, 6.07) is 15.9. The Labute approximate surface area is 265 Å². The lowest BCUT2D eigenvalue weighted by atomic mass is 9.99. The van der Waals surface area contributed by atoms with Crippen molar-refractivity contribution in [2.24, 2.45) is 0 Å². The molecule has 2 aromatic carbocycles. The van der Waals surface area contributed by atoms with Gasteiger partial charge in [0, 0.05) is 24.0 Å². The normalized spacial score (nSPS) is 13.3. The maximum atomic E-state index is 14.7. The number of aromatic nitrogens is 2. The van der Waals surface area contributed by atoms with Crippen LogP contribution in [0.5, 0.6) is 5.75 Å². The van der Waals surface area contributed by atoms with E-state index in [9.17, 15) is 9.59 Å². The van der Waals surface area contributed by atoms with Gasteiger partial charge in [-0.2, -0.15) is 0 Å². The number of thiazole rings is 1. The smallest absolute Gasteiger partial charge is 0.265 e. The molecular formula is C37H43N3O3S. The Balaban J connectivity index is 1.75. The largest absolute Gasteiger partial charge is 0.491 e. The highest BCUT2D eigenvalue weighted by Crippen LogP contribution is 2.32. The minimum Gasteiger partial charge on any atom is -0.491 e. The van der Waals surface area contributed by atoms with Gasteiger partial charge in [-0.05, 0) is 107 Å². The monoisotopic (exact) mass is 609 g/mol. The first-order valence-electron chi connectivity index (χ1n) is 15.8. The number of likely N-dealkylation sites (tertiary alicyclic amines) is 1. The quantitative estimate of drug-likeness (QED) is 0.191. The molecule has 6 nitrogen and oxygen atoms in total. The minimum absolute atomic E-state index is 0.0308. The summed E-state index contributed by atoms with van der Waals surface area (Å²) in [5, 5.41) is 2.58. The van der Waals surface area contributed by atoms with E-state index in [4.69, 9.17) is 9.72 Å². The second-order valence-electron chi connectivity index (χ2n) is 11.9.